The van der Waals surface area contributed by atoms with Crippen LogP contribution in [0.3, 0.4) is 0 Å². The number of hydrogen-bond acceptors (Lipinski definition) is 6. The van der Waals surface area contributed by atoms with Gasteiger partial charge in [0.05, 0.1) is 34.9 Å². The van der Waals surface area contributed by atoms with Gasteiger partial charge in [-0.1, -0.05) is 11.3 Å². The number of rotatable bonds is 10. The molecule has 0 spiro atoms. The minimum absolute atomic E-state index is 0.120. The van der Waals surface area contributed by atoms with Crippen LogP contribution in [0.25, 0.3) is 10.2 Å². The number of aromatic nitrogens is 1. The Morgan fingerprint density at radius 1 is 1.13 bits per heavy atom. The quantitative estimate of drug-likeness (QED) is 0.504. The van der Waals surface area contributed by atoms with Crippen molar-refractivity contribution in [1.82, 2.24) is 9.47 Å². The molecular formula is C22H31N3O4S2. The highest BCUT2D eigenvalue weighted by Crippen LogP contribution is 2.23. The Bertz CT molecular complexity index is 948. The summed E-state index contributed by atoms with van der Waals surface area (Å²) in [5.41, 5.74) is 1.01. The first kappa shape index (κ1) is 23.8. The number of hydrogen-bond donors (Lipinski definition) is 0. The molecule has 0 bridgehead atoms. The summed E-state index contributed by atoms with van der Waals surface area (Å²) < 4.78 is 14.2. The molecular weight excluding hydrogens is 434 g/mol. The Morgan fingerprint density at radius 3 is 2.68 bits per heavy atom. The van der Waals surface area contributed by atoms with Gasteiger partial charge in [-0.15, -0.1) is 11.8 Å². The first-order valence-corrected chi connectivity index (χ1v) is 12.9. The monoisotopic (exact) mass is 465 g/mol. The summed E-state index contributed by atoms with van der Waals surface area (Å²) in [5, 5.41) is 0. The van der Waals surface area contributed by atoms with Crippen LogP contribution in [-0.4, -0.2) is 65.7 Å². The third-order valence-electron chi connectivity index (χ3n) is 5.01. The van der Waals surface area contributed by atoms with E-state index in [4.69, 9.17) is 9.47 Å². The molecule has 1 aliphatic heterocycles. The first-order valence-electron chi connectivity index (χ1n) is 10.9. The second-order valence-electron chi connectivity index (χ2n) is 7.24. The van der Waals surface area contributed by atoms with E-state index in [9.17, 15) is 9.59 Å². The summed E-state index contributed by atoms with van der Waals surface area (Å²) in [4.78, 5) is 31.7. The van der Waals surface area contributed by atoms with Crippen molar-refractivity contribution in [2.75, 3.05) is 44.4 Å². The van der Waals surface area contributed by atoms with E-state index in [1.54, 1.807) is 0 Å². The van der Waals surface area contributed by atoms with Gasteiger partial charge >= 0.3 is 0 Å². The molecule has 2 amide bonds. The van der Waals surface area contributed by atoms with Crippen LogP contribution in [0.15, 0.2) is 23.2 Å². The smallest absolute Gasteiger partial charge is 0.258 e. The van der Waals surface area contributed by atoms with Crippen molar-refractivity contribution in [3.05, 3.63) is 23.0 Å². The van der Waals surface area contributed by atoms with Crippen LogP contribution in [-0.2, 0) is 20.9 Å². The third-order valence-corrected chi connectivity index (χ3v) is 6.95. The number of carbonyl (C=O) groups excluding carboxylic acids is 2. The van der Waals surface area contributed by atoms with E-state index in [1.165, 1.54) is 29.5 Å². The maximum absolute atomic E-state index is 12.5. The molecule has 31 heavy (non-hydrogen) atoms. The molecule has 0 N–H and O–H groups in total. The van der Waals surface area contributed by atoms with Gasteiger partial charge in [-0.3, -0.25) is 9.59 Å². The lowest BCUT2D eigenvalue weighted by Crippen LogP contribution is -2.36. The Hall–Kier alpha value is -1.84. The van der Waals surface area contributed by atoms with Crippen LogP contribution >= 0.6 is 23.1 Å². The standard InChI is InChI=1S/C22H31N3O4S2/c1-3-28-13-12-25-18-9-8-17(29-4-2)14-19(18)31-22(25)23-20(26)15-30-16-21(27)24-10-6-5-7-11-24/h8-9,14H,3-7,10-13,15-16H2,1-2H3. The molecule has 0 aliphatic carbocycles. The normalized spacial score (nSPS) is 14.9. The van der Waals surface area contributed by atoms with Crippen molar-refractivity contribution in [2.24, 2.45) is 4.99 Å². The summed E-state index contributed by atoms with van der Waals surface area (Å²) in [6.07, 6.45) is 3.34. The number of ether oxygens (including phenoxy) is 2. The number of nitrogens with zero attached hydrogens (tertiary/aromatic N) is 3. The van der Waals surface area contributed by atoms with E-state index < -0.39 is 0 Å². The van der Waals surface area contributed by atoms with E-state index in [0.717, 1.165) is 41.9 Å². The number of carbonyl (C=O) groups is 2. The number of benzene rings is 1. The third kappa shape index (κ3) is 6.82. The summed E-state index contributed by atoms with van der Waals surface area (Å²) in [6, 6.07) is 5.91. The summed E-state index contributed by atoms with van der Waals surface area (Å²) in [7, 11) is 0. The predicted molar refractivity (Wildman–Crippen MR) is 126 cm³/mol. The van der Waals surface area contributed by atoms with E-state index >= 15 is 0 Å². The Balaban J connectivity index is 1.69. The molecule has 170 valence electrons. The van der Waals surface area contributed by atoms with Crippen LogP contribution in [0, 0.1) is 0 Å². The number of fused-ring (bicyclic) bond motifs is 1. The molecule has 1 aromatic heterocycles. The predicted octanol–water partition coefficient (Wildman–Crippen LogP) is 3.31. The molecule has 2 aromatic rings. The molecule has 0 saturated carbocycles. The highest BCUT2D eigenvalue weighted by molar-refractivity contribution is 8.00. The maximum Gasteiger partial charge on any atom is 0.258 e. The first-order chi connectivity index (χ1) is 15.1. The Kier molecular flexibility index (Phi) is 9.42. The van der Waals surface area contributed by atoms with Gasteiger partial charge in [0.25, 0.3) is 5.91 Å². The van der Waals surface area contributed by atoms with Crippen LogP contribution in [0.4, 0.5) is 0 Å². The highest BCUT2D eigenvalue weighted by Gasteiger charge is 2.17. The Labute approximate surface area is 191 Å². The second-order valence-corrected chi connectivity index (χ2v) is 9.23. The van der Waals surface area contributed by atoms with Gasteiger partial charge in [0.2, 0.25) is 5.91 Å². The van der Waals surface area contributed by atoms with E-state index in [-0.39, 0.29) is 17.6 Å². The van der Waals surface area contributed by atoms with Gasteiger partial charge in [0, 0.05) is 26.2 Å². The summed E-state index contributed by atoms with van der Waals surface area (Å²) >= 11 is 2.81. The number of amides is 2. The van der Waals surface area contributed by atoms with E-state index in [1.807, 2.05) is 41.5 Å². The van der Waals surface area contributed by atoms with Crippen LogP contribution in [0.1, 0.15) is 33.1 Å². The molecule has 9 heteroatoms. The molecule has 1 fully saturated rings. The lowest BCUT2D eigenvalue weighted by Gasteiger charge is -2.26. The molecule has 3 rings (SSSR count). The molecule has 7 nitrogen and oxygen atoms in total. The SMILES string of the molecule is CCOCCn1c(=NC(=O)CSCC(=O)N2CCCCC2)sc2cc(OCC)ccc21. The van der Waals surface area contributed by atoms with Crippen molar-refractivity contribution in [3.63, 3.8) is 0 Å². The van der Waals surface area contributed by atoms with Gasteiger partial charge in [-0.05, 0) is 51.3 Å². The van der Waals surface area contributed by atoms with E-state index in [0.29, 0.717) is 36.9 Å². The van der Waals surface area contributed by atoms with Gasteiger partial charge in [-0.25, -0.2) is 0 Å². The fourth-order valence-electron chi connectivity index (χ4n) is 3.51. The second kappa shape index (κ2) is 12.3. The molecule has 1 aromatic carbocycles. The van der Waals surface area contributed by atoms with Crippen molar-refractivity contribution in [3.8, 4) is 5.75 Å². The zero-order valence-corrected chi connectivity index (χ0v) is 19.9. The largest absolute Gasteiger partial charge is 0.494 e. The topological polar surface area (TPSA) is 73.1 Å². The maximum atomic E-state index is 12.5. The zero-order valence-electron chi connectivity index (χ0n) is 18.3. The minimum atomic E-state index is -0.224. The Morgan fingerprint density at radius 2 is 1.94 bits per heavy atom. The average Bonchev–Trinajstić information content (AvgIpc) is 3.11. The van der Waals surface area contributed by atoms with E-state index in [2.05, 4.69) is 4.99 Å². The lowest BCUT2D eigenvalue weighted by molar-refractivity contribution is -0.129. The van der Waals surface area contributed by atoms with Crippen LogP contribution in [0.5, 0.6) is 5.75 Å². The van der Waals surface area contributed by atoms with Crippen molar-refractivity contribution in [1.29, 1.82) is 0 Å². The van der Waals surface area contributed by atoms with Crippen molar-refractivity contribution in [2.45, 2.75) is 39.7 Å². The molecule has 1 saturated heterocycles. The summed E-state index contributed by atoms with van der Waals surface area (Å²) in [6.45, 7) is 8.00. The fourth-order valence-corrected chi connectivity index (χ4v) is 5.31. The van der Waals surface area contributed by atoms with Gasteiger partial charge in [0.1, 0.15) is 5.75 Å². The number of piperidine rings is 1. The van der Waals surface area contributed by atoms with Gasteiger partial charge in [0.15, 0.2) is 4.80 Å². The number of thioether (sulfide) groups is 1. The summed E-state index contributed by atoms with van der Waals surface area (Å²) in [5.74, 6) is 1.23. The van der Waals surface area contributed by atoms with Crippen LogP contribution < -0.4 is 9.54 Å². The number of likely N-dealkylation sites (tertiary alicyclic amines) is 1. The fraction of sp³-hybridized carbons (Fsp3) is 0.591. The average molecular weight is 466 g/mol. The zero-order chi connectivity index (χ0) is 22.1. The molecule has 0 atom stereocenters. The highest BCUT2D eigenvalue weighted by atomic mass is 32.2. The van der Waals surface area contributed by atoms with Gasteiger partial charge in [-0.2, -0.15) is 4.99 Å². The molecule has 0 unspecified atom stereocenters. The lowest BCUT2D eigenvalue weighted by atomic mass is 10.1. The van der Waals surface area contributed by atoms with Crippen molar-refractivity contribution >= 4 is 45.1 Å². The van der Waals surface area contributed by atoms with Gasteiger partial charge < -0.3 is 18.9 Å². The van der Waals surface area contributed by atoms with Crippen LogP contribution in [0.2, 0.25) is 0 Å². The van der Waals surface area contributed by atoms with Crippen molar-refractivity contribution < 1.29 is 19.1 Å². The molecule has 0 radical (unpaired) electrons. The number of thiazole rings is 1. The molecule has 1 aliphatic rings. The molecule has 2 heterocycles. The minimum Gasteiger partial charge on any atom is -0.494 e.